The fourth-order valence-corrected chi connectivity index (χ4v) is 3.50. The Labute approximate surface area is 175 Å². The van der Waals surface area contributed by atoms with Gasteiger partial charge in [0.25, 0.3) is 0 Å². The van der Waals surface area contributed by atoms with E-state index in [1.165, 1.54) is 13.4 Å². The third-order valence-electron chi connectivity index (χ3n) is 5.15. The lowest BCUT2D eigenvalue weighted by Gasteiger charge is -2.25. The van der Waals surface area contributed by atoms with Gasteiger partial charge in [-0.25, -0.2) is 15.0 Å². The van der Waals surface area contributed by atoms with Crippen LogP contribution in [-0.4, -0.2) is 50.8 Å². The fourth-order valence-electron chi connectivity index (χ4n) is 3.50. The first kappa shape index (κ1) is 21.9. The van der Waals surface area contributed by atoms with Crippen molar-refractivity contribution in [1.82, 2.24) is 19.5 Å². The number of carbonyl (C=O) groups is 2. The van der Waals surface area contributed by atoms with Gasteiger partial charge in [-0.2, -0.15) is 0 Å². The largest absolute Gasteiger partial charge is 0.469 e. The van der Waals surface area contributed by atoms with E-state index in [1.54, 1.807) is 45.5 Å². The highest BCUT2D eigenvalue weighted by Crippen LogP contribution is 2.39. The summed E-state index contributed by atoms with van der Waals surface area (Å²) in [7, 11) is 1.36. The lowest BCUT2D eigenvalue weighted by Crippen LogP contribution is -2.31. The number of methoxy groups -OCH3 is 1. The highest BCUT2D eigenvalue weighted by molar-refractivity contribution is 5.81. The maximum absolute atomic E-state index is 12.6. The van der Waals surface area contributed by atoms with Gasteiger partial charge in [0.05, 0.1) is 30.4 Å². The second-order valence-electron chi connectivity index (χ2n) is 9.24. The molecule has 10 nitrogen and oxygen atoms in total. The average molecular weight is 419 g/mol. The van der Waals surface area contributed by atoms with Gasteiger partial charge in [0.1, 0.15) is 17.9 Å². The Morgan fingerprint density at radius 1 is 1.20 bits per heavy atom. The second-order valence-corrected chi connectivity index (χ2v) is 9.24. The van der Waals surface area contributed by atoms with Crippen LogP contribution < -0.4 is 5.73 Å². The molecule has 0 radical (unpaired) electrons. The molecule has 0 bridgehead atoms. The smallest absolute Gasteiger partial charge is 0.311 e. The van der Waals surface area contributed by atoms with Crippen molar-refractivity contribution in [2.75, 3.05) is 12.8 Å². The summed E-state index contributed by atoms with van der Waals surface area (Å²) in [6, 6.07) is 0. The molecular weight excluding hydrogens is 390 g/mol. The SMILES string of the molecule is COC(=O)C(C)(C)C[C@H]1C[C@@H](OC(=O)C(C)(C)C)[C@H](n2cnc3c(N)ncnc32)O1. The summed E-state index contributed by atoms with van der Waals surface area (Å²) in [5.74, 6) is -0.415. The number of nitrogen functional groups attached to an aromatic ring is 1. The normalized spacial score (nSPS) is 22.3. The van der Waals surface area contributed by atoms with Crippen molar-refractivity contribution in [3.8, 4) is 0 Å². The molecule has 0 aliphatic carbocycles. The molecule has 1 fully saturated rings. The lowest BCUT2D eigenvalue weighted by molar-refractivity contribution is -0.164. The van der Waals surface area contributed by atoms with Gasteiger partial charge in [-0.1, -0.05) is 0 Å². The summed E-state index contributed by atoms with van der Waals surface area (Å²) < 4.78 is 18.7. The zero-order chi connectivity index (χ0) is 22.3. The van der Waals surface area contributed by atoms with Gasteiger partial charge in [0.15, 0.2) is 17.7 Å². The number of hydrogen-bond donors (Lipinski definition) is 1. The van der Waals surface area contributed by atoms with Crippen LogP contribution in [-0.2, 0) is 23.8 Å². The third-order valence-corrected chi connectivity index (χ3v) is 5.15. The van der Waals surface area contributed by atoms with E-state index in [-0.39, 0.29) is 23.9 Å². The number of fused-ring (bicyclic) bond motifs is 1. The number of anilines is 1. The van der Waals surface area contributed by atoms with Crippen molar-refractivity contribution in [2.45, 2.75) is 65.9 Å². The first-order valence-corrected chi connectivity index (χ1v) is 9.82. The summed E-state index contributed by atoms with van der Waals surface area (Å²) in [6.45, 7) is 8.97. The monoisotopic (exact) mass is 419 g/mol. The van der Waals surface area contributed by atoms with Gasteiger partial charge in [0.2, 0.25) is 0 Å². The van der Waals surface area contributed by atoms with Crippen molar-refractivity contribution in [1.29, 1.82) is 0 Å². The Morgan fingerprint density at radius 2 is 1.90 bits per heavy atom. The van der Waals surface area contributed by atoms with E-state index in [9.17, 15) is 9.59 Å². The highest BCUT2D eigenvalue weighted by atomic mass is 16.6. The van der Waals surface area contributed by atoms with Crippen molar-refractivity contribution in [3.63, 3.8) is 0 Å². The van der Waals surface area contributed by atoms with Gasteiger partial charge in [-0.15, -0.1) is 0 Å². The number of hydrogen-bond acceptors (Lipinski definition) is 9. The zero-order valence-electron chi connectivity index (χ0n) is 18.2. The van der Waals surface area contributed by atoms with Crippen LogP contribution in [0.2, 0.25) is 0 Å². The number of imidazole rings is 1. The molecule has 0 spiro atoms. The summed E-state index contributed by atoms with van der Waals surface area (Å²) in [5, 5.41) is 0. The van der Waals surface area contributed by atoms with E-state index in [2.05, 4.69) is 15.0 Å². The highest BCUT2D eigenvalue weighted by Gasteiger charge is 2.44. The van der Waals surface area contributed by atoms with E-state index < -0.39 is 23.2 Å². The topological polar surface area (TPSA) is 131 Å². The molecule has 0 unspecified atom stereocenters. The molecule has 2 N–H and O–H groups in total. The van der Waals surface area contributed by atoms with E-state index in [1.807, 2.05) is 0 Å². The maximum atomic E-state index is 12.6. The fraction of sp³-hybridized carbons (Fsp3) is 0.650. The second kappa shape index (κ2) is 7.82. The Hall–Kier alpha value is -2.75. The zero-order valence-corrected chi connectivity index (χ0v) is 18.2. The van der Waals surface area contributed by atoms with Crippen LogP contribution in [0.5, 0.6) is 0 Å². The molecule has 10 heteroatoms. The molecule has 2 aromatic heterocycles. The molecule has 3 atom stereocenters. The number of nitrogens with zero attached hydrogens (tertiary/aromatic N) is 4. The predicted octanol–water partition coefficient (Wildman–Crippen LogP) is 2.24. The molecule has 1 saturated heterocycles. The lowest BCUT2D eigenvalue weighted by atomic mass is 9.86. The average Bonchev–Trinajstić information content (AvgIpc) is 3.24. The minimum absolute atomic E-state index is 0.253. The summed E-state index contributed by atoms with van der Waals surface area (Å²) in [5.41, 5.74) is 5.40. The summed E-state index contributed by atoms with van der Waals surface area (Å²) in [6.07, 6.45) is 2.15. The standard InChI is InChI=1S/C20H29N5O5/c1-19(2,3)17(26)30-12-7-11(8-20(4,5)18(27)28-6)29-16(12)25-10-24-13-14(21)22-9-23-15(13)25/h9-12,16H,7-8H2,1-6H3,(H2,21,22,23)/t11-,12-,16-/m1/s1. The number of aromatic nitrogens is 4. The first-order valence-electron chi connectivity index (χ1n) is 9.82. The molecule has 1 aliphatic rings. The number of ether oxygens (including phenoxy) is 3. The predicted molar refractivity (Wildman–Crippen MR) is 108 cm³/mol. The quantitative estimate of drug-likeness (QED) is 0.725. The first-order chi connectivity index (χ1) is 13.9. The van der Waals surface area contributed by atoms with Crippen molar-refractivity contribution in [3.05, 3.63) is 12.7 Å². The molecule has 30 heavy (non-hydrogen) atoms. The summed E-state index contributed by atoms with van der Waals surface area (Å²) >= 11 is 0. The maximum Gasteiger partial charge on any atom is 0.311 e. The van der Waals surface area contributed by atoms with E-state index in [0.29, 0.717) is 24.0 Å². The van der Waals surface area contributed by atoms with Crippen LogP contribution in [0.3, 0.4) is 0 Å². The van der Waals surface area contributed by atoms with Gasteiger partial charge in [-0.3, -0.25) is 14.2 Å². The van der Waals surface area contributed by atoms with Crippen LogP contribution in [0.25, 0.3) is 11.2 Å². The molecule has 0 amide bonds. The van der Waals surface area contributed by atoms with Gasteiger partial charge in [0, 0.05) is 6.42 Å². The van der Waals surface area contributed by atoms with Gasteiger partial charge >= 0.3 is 11.9 Å². The van der Waals surface area contributed by atoms with E-state index in [4.69, 9.17) is 19.9 Å². The molecule has 0 aromatic carbocycles. The van der Waals surface area contributed by atoms with Crippen molar-refractivity contribution in [2.24, 2.45) is 10.8 Å². The third kappa shape index (κ3) is 4.23. The molecule has 3 heterocycles. The Bertz CT molecular complexity index is 949. The molecule has 1 aliphatic heterocycles. The van der Waals surface area contributed by atoms with Crippen molar-refractivity contribution < 1.29 is 23.8 Å². The number of nitrogens with two attached hydrogens (primary N) is 1. The minimum atomic E-state index is -0.753. The Morgan fingerprint density at radius 3 is 2.53 bits per heavy atom. The van der Waals surface area contributed by atoms with E-state index >= 15 is 0 Å². The van der Waals surface area contributed by atoms with Crippen LogP contribution in [0.4, 0.5) is 5.82 Å². The molecular formula is C20H29N5O5. The number of carbonyl (C=O) groups excluding carboxylic acids is 2. The van der Waals surface area contributed by atoms with Crippen LogP contribution in [0.15, 0.2) is 12.7 Å². The van der Waals surface area contributed by atoms with Crippen LogP contribution >= 0.6 is 0 Å². The minimum Gasteiger partial charge on any atom is -0.469 e. The molecule has 164 valence electrons. The van der Waals surface area contributed by atoms with E-state index in [0.717, 1.165) is 0 Å². The summed E-state index contributed by atoms with van der Waals surface area (Å²) in [4.78, 5) is 37.2. The number of rotatable bonds is 5. The number of esters is 2. The Kier molecular flexibility index (Phi) is 5.72. The molecule has 0 saturated carbocycles. The van der Waals surface area contributed by atoms with Crippen LogP contribution in [0.1, 0.15) is 53.7 Å². The molecule has 2 aromatic rings. The van der Waals surface area contributed by atoms with Crippen LogP contribution in [0, 0.1) is 10.8 Å². The Balaban J connectivity index is 1.92. The molecule has 3 rings (SSSR count). The van der Waals surface area contributed by atoms with Crippen molar-refractivity contribution >= 4 is 28.9 Å². The van der Waals surface area contributed by atoms with Gasteiger partial charge in [-0.05, 0) is 41.0 Å². The van der Waals surface area contributed by atoms with Gasteiger partial charge < -0.3 is 19.9 Å².